The molecule has 0 N–H and O–H groups in total. The van der Waals surface area contributed by atoms with E-state index in [1.165, 1.54) is 50.3 Å². The summed E-state index contributed by atoms with van der Waals surface area (Å²) in [5.41, 5.74) is 0. The Morgan fingerprint density at radius 1 is 1.00 bits per heavy atom. The molecule has 2 rings (SSSR count). The van der Waals surface area contributed by atoms with Gasteiger partial charge in [0.05, 0.1) is 0 Å². The Kier molecular flexibility index (Phi) is 5.98. The van der Waals surface area contributed by atoms with Gasteiger partial charge in [-0.2, -0.15) is 0 Å². The first kappa shape index (κ1) is 14.7. The molecule has 0 spiro atoms. The molecule has 0 fully saturated rings. The lowest BCUT2D eigenvalue weighted by molar-refractivity contribution is 0.560. The van der Waals surface area contributed by atoms with E-state index in [9.17, 15) is 0 Å². The number of fused-ring (bicyclic) bond motifs is 1. The predicted octanol–water partition coefficient (Wildman–Crippen LogP) is 6.73. The van der Waals surface area contributed by atoms with E-state index < -0.39 is 0 Å². The second kappa shape index (κ2) is 7.75. The average molecular weight is 274 g/mol. The summed E-state index contributed by atoms with van der Waals surface area (Å²) in [5.74, 6) is 0.775. The maximum absolute atomic E-state index is 2.44. The Balaban J connectivity index is 1.78. The highest BCUT2D eigenvalue weighted by molar-refractivity contribution is 7.38. The standard InChI is InChI=1S/C18H27P/c1-3-4-5-6-7-8-11-15(2)18-14-16-12-9-10-13-17(16)19-18/h9-10,12-15,19H,3-8,11H2,1-2H3. The zero-order valence-corrected chi connectivity index (χ0v) is 13.4. The van der Waals surface area contributed by atoms with Gasteiger partial charge >= 0.3 is 0 Å². The fourth-order valence-corrected chi connectivity index (χ4v) is 4.16. The number of unbranched alkanes of at least 4 members (excludes halogenated alkanes) is 5. The fraction of sp³-hybridized carbons (Fsp3) is 0.556. The highest BCUT2D eigenvalue weighted by Gasteiger charge is 2.08. The number of hydrogen-bond donors (Lipinski definition) is 0. The summed E-state index contributed by atoms with van der Waals surface area (Å²) in [6, 6.07) is 11.3. The maximum Gasteiger partial charge on any atom is -0.00155 e. The summed E-state index contributed by atoms with van der Waals surface area (Å²) < 4.78 is 0. The van der Waals surface area contributed by atoms with Crippen molar-refractivity contribution in [3.63, 3.8) is 0 Å². The Labute approximate surface area is 119 Å². The van der Waals surface area contributed by atoms with Crippen LogP contribution in [0.3, 0.4) is 0 Å². The third-order valence-corrected chi connectivity index (χ3v) is 5.72. The van der Waals surface area contributed by atoms with Crippen LogP contribution in [0.25, 0.3) is 10.5 Å². The van der Waals surface area contributed by atoms with Gasteiger partial charge in [0.15, 0.2) is 0 Å². The van der Waals surface area contributed by atoms with Crippen molar-refractivity contribution in [2.75, 3.05) is 0 Å². The van der Waals surface area contributed by atoms with E-state index in [-0.39, 0.29) is 0 Å². The minimum Gasteiger partial charge on any atom is -0.128 e. The lowest BCUT2D eigenvalue weighted by Crippen LogP contribution is -1.90. The van der Waals surface area contributed by atoms with E-state index in [1.54, 1.807) is 10.4 Å². The molecule has 1 heteroatoms. The summed E-state index contributed by atoms with van der Waals surface area (Å²) >= 11 is 0. The SMILES string of the molecule is CCCCCCCCC(C)c1cc2ccccc2[pH]1. The lowest BCUT2D eigenvalue weighted by atomic mass is 10.00. The molecule has 1 aromatic heterocycles. The van der Waals surface area contributed by atoms with Crippen molar-refractivity contribution in [3.8, 4) is 0 Å². The molecule has 0 aliphatic carbocycles. The molecule has 2 aromatic rings. The van der Waals surface area contributed by atoms with Crippen molar-refractivity contribution >= 4 is 18.7 Å². The third kappa shape index (κ3) is 4.39. The van der Waals surface area contributed by atoms with Crippen LogP contribution >= 0.6 is 8.19 Å². The van der Waals surface area contributed by atoms with Crippen LogP contribution in [0.4, 0.5) is 0 Å². The minimum absolute atomic E-state index is 0.775. The second-order valence-corrected chi connectivity index (χ2v) is 7.14. The van der Waals surface area contributed by atoms with E-state index in [1.807, 2.05) is 0 Å². The molecule has 0 aliphatic heterocycles. The average Bonchev–Trinajstić information content (AvgIpc) is 2.86. The van der Waals surface area contributed by atoms with Crippen LogP contribution in [-0.4, -0.2) is 0 Å². The Morgan fingerprint density at radius 3 is 2.53 bits per heavy atom. The predicted molar refractivity (Wildman–Crippen MR) is 89.9 cm³/mol. The van der Waals surface area contributed by atoms with Crippen LogP contribution in [0.2, 0.25) is 0 Å². The normalized spacial score (nSPS) is 13.4. The van der Waals surface area contributed by atoms with Crippen molar-refractivity contribution in [2.45, 2.75) is 64.7 Å². The van der Waals surface area contributed by atoms with Crippen LogP contribution in [0.5, 0.6) is 0 Å². The molecule has 1 aromatic carbocycles. The van der Waals surface area contributed by atoms with Crippen LogP contribution in [0.15, 0.2) is 30.3 Å². The molecule has 2 unspecified atom stereocenters. The number of benzene rings is 1. The molecule has 0 amide bonds. The molecule has 0 nitrogen and oxygen atoms in total. The topological polar surface area (TPSA) is 0 Å². The molecule has 19 heavy (non-hydrogen) atoms. The zero-order valence-electron chi connectivity index (χ0n) is 12.4. The molecular weight excluding hydrogens is 247 g/mol. The molecule has 104 valence electrons. The summed E-state index contributed by atoms with van der Waals surface area (Å²) in [5, 5.41) is 4.69. The highest BCUT2D eigenvalue weighted by atomic mass is 31.0. The molecule has 0 saturated carbocycles. The molecule has 0 saturated heterocycles. The van der Waals surface area contributed by atoms with Crippen LogP contribution in [-0.2, 0) is 0 Å². The van der Waals surface area contributed by atoms with E-state index in [4.69, 9.17) is 0 Å². The zero-order chi connectivity index (χ0) is 13.5. The Hall–Kier alpha value is -0.740. The van der Waals surface area contributed by atoms with Gasteiger partial charge in [0.1, 0.15) is 0 Å². The molecule has 0 bridgehead atoms. The number of rotatable bonds is 8. The van der Waals surface area contributed by atoms with Gasteiger partial charge in [-0.15, -0.1) is 8.19 Å². The van der Waals surface area contributed by atoms with Crippen LogP contribution < -0.4 is 0 Å². The smallest absolute Gasteiger partial charge is 0.00155 e. The molecule has 0 radical (unpaired) electrons. The lowest BCUT2D eigenvalue weighted by Gasteiger charge is -2.09. The second-order valence-electron chi connectivity index (χ2n) is 5.77. The summed E-state index contributed by atoms with van der Waals surface area (Å²) in [7, 11) is 0.924. The van der Waals surface area contributed by atoms with Gasteiger partial charge in [0, 0.05) is 0 Å². The van der Waals surface area contributed by atoms with Crippen molar-refractivity contribution in [2.24, 2.45) is 0 Å². The van der Waals surface area contributed by atoms with Gasteiger partial charge in [0.2, 0.25) is 0 Å². The first-order valence-corrected chi connectivity index (χ1v) is 8.89. The Bertz CT molecular complexity index is 450. The summed E-state index contributed by atoms with van der Waals surface area (Å²) in [4.78, 5) is 0. The number of hydrogen-bond acceptors (Lipinski definition) is 0. The van der Waals surface area contributed by atoms with Gasteiger partial charge in [-0.3, -0.25) is 0 Å². The first-order chi connectivity index (χ1) is 9.31. The highest BCUT2D eigenvalue weighted by Crippen LogP contribution is 2.36. The Morgan fingerprint density at radius 2 is 1.74 bits per heavy atom. The van der Waals surface area contributed by atoms with Crippen molar-refractivity contribution in [1.82, 2.24) is 0 Å². The third-order valence-electron chi connectivity index (χ3n) is 4.07. The van der Waals surface area contributed by atoms with E-state index >= 15 is 0 Å². The molecule has 0 aliphatic rings. The van der Waals surface area contributed by atoms with Crippen LogP contribution in [0, 0.1) is 0 Å². The first-order valence-electron chi connectivity index (χ1n) is 7.89. The molecule has 1 heterocycles. The van der Waals surface area contributed by atoms with Crippen LogP contribution in [0.1, 0.15) is 70.0 Å². The van der Waals surface area contributed by atoms with Gasteiger partial charge < -0.3 is 0 Å². The summed E-state index contributed by atoms with van der Waals surface area (Å²) in [6.07, 6.45) is 9.83. The fourth-order valence-electron chi connectivity index (χ4n) is 2.75. The maximum atomic E-state index is 2.44. The van der Waals surface area contributed by atoms with Gasteiger partial charge in [0.25, 0.3) is 0 Å². The van der Waals surface area contributed by atoms with Gasteiger partial charge in [-0.1, -0.05) is 76.6 Å². The molecule has 2 atom stereocenters. The minimum atomic E-state index is 0.775. The molecular formula is C18H27P. The van der Waals surface area contributed by atoms with Gasteiger partial charge in [-0.25, -0.2) is 0 Å². The monoisotopic (exact) mass is 274 g/mol. The van der Waals surface area contributed by atoms with E-state index in [2.05, 4.69) is 44.2 Å². The summed E-state index contributed by atoms with van der Waals surface area (Å²) in [6.45, 7) is 4.70. The van der Waals surface area contributed by atoms with Crippen molar-refractivity contribution in [3.05, 3.63) is 35.6 Å². The largest absolute Gasteiger partial charge is 0.128 e. The van der Waals surface area contributed by atoms with Crippen molar-refractivity contribution < 1.29 is 0 Å². The quantitative estimate of drug-likeness (QED) is 0.468. The van der Waals surface area contributed by atoms with E-state index in [0.717, 1.165) is 14.1 Å². The van der Waals surface area contributed by atoms with E-state index in [0.29, 0.717) is 0 Å². The van der Waals surface area contributed by atoms with Crippen molar-refractivity contribution in [1.29, 1.82) is 0 Å². The van der Waals surface area contributed by atoms with Gasteiger partial charge in [-0.05, 0) is 34.2 Å².